The van der Waals surface area contributed by atoms with Crippen LogP contribution in [-0.4, -0.2) is 48.5 Å². The summed E-state index contributed by atoms with van der Waals surface area (Å²) >= 11 is 0. The van der Waals surface area contributed by atoms with Crippen LogP contribution >= 0.6 is 0 Å². The van der Waals surface area contributed by atoms with Crippen molar-refractivity contribution < 1.29 is 14.7 Å². The van der Waals surface area contributed by atoms with Crippen LogP contribution in [0.5, 0.6) is 0 Å². The number of amides is 1. The fourth-order valence-electron chi connectivity index (χ4n) is 1.96. The van der Waals surface area contributed by atoms with E-state index in [-0.39, 0.29) is 11.3 Å². The largest absolute Gasteiger partial charge is 0.478 e. The summed E-state index contributed by atoms with van der Waals surface area (Å²) in [6.45, 7) is 3.02. The van der Waals surface area contributed by atoms with E-state index < -0.39 is 11.9 Å². The number of carbonyl (C=O) groups is 2. The average Bonchev–Trinajstić information content (AvgIpc) is 3.04. The van der Waals surface area contributed by atoms with Gasteiger partial charge in [-0.2, -0.15) is 10.2 Å². The first-order valence-corrected chi connectivity index (χ1v) is 6.47. The molecule has 2 aromatic rings. The minimum atomic E-state index is -1.17. The van der Waals surface area contributed by atoms with E-state index in [1.54, 1.807) is 18.8 Å². The molecule has 2 heterocycles. The van der Waals surface area contributed by atoms with Gasteiger partial charge in [0.25, 0.3) is 5.91 Å². The maximum absolute atomic E-state index is 12.3. The lowest BCUT2D eigenvalue weighted by atomic mass is 10.2. The van der Waals surface area contributed by atoms with Crippen molar-refractivity contribution >= 4 is 11.9 Å². The first-order chi connectivity index (χ1) is 9.92. The quantitative estimate of drug-likeness (QED) is 0.871. The van der Waals surface area contributed by atoms with Gasteiger partial charge in [-0.1, -0.05) is 0 Å². The lowest BCUT2D eigenvalue weighted by Crippen LogP contribution is -2.28. The third kappa shape index (κ3) is 3.10. The molecular formula is C13H17N5O3. The second kappa shape index (κ2) is 5.78. The zero-order valence-corrected chi connectivity index (χ0v) is 12.1. The van der Waals surface area contributed by atoms with Crippen LogP contribution in [-0.2, 0) is 20.1 Å². The van der Waals surface area contributed by atoms with Crippen LogP contribution in [0, 0.1) is 0 Å². The Morgan fingerprint density at radius 1 is 1.38 bits per heavy atom. The molecule has 21 heavy (non-hydrogen) atoms. The second-order valence-electron chi connectivity index (χ2n) is 4.69. The molecule has 0 unspecified atom stereocenters. The van der Waals surface area contributed by atoms with E-state index in [4.69, 9.17) is 5.11 Å². The molecule has 0 bridgehead atoms. The van der Waals surface area contributed by atoms with Gasteiger partial charge in [0.1, 0.15) is 5.56 Å². The molecular weight excluding hydrogens is 274 g/mol. The Hall–Kier alpha value is -2.64. The van der Waals surface area contributed by atoms with Crippen LogP contribution in [0.2, 0.25) is 0 Å². The number of carboxylic acid groups (broad SMARTS) is 1. The summed E-state index contributed by atoms with van der Waals surface area (Å²) in [5.41, 5.74) is 0.566. The lowest BCUT2D eigenvalue weighted by molar-refractivity contribution is 0.0679. The summed E-state index contributed by atoms with van der Waals surface area (Å²) in [7, 11) is 3.17. The van der Waals surface area contributed by atoms with Crippen LogP contribution in [0.3, 0.4) is 0 Å². The van der Waals surface area contributed by atoms with Crippen molar-refractivity contribution in [2.75, 3.05) is 7.05 Å². The summed E-state index contributed by atoms with van der Waals surface area (Å²) in [5, 5.41) is 17.3. The van der Waals surface area contributed by atoms with Crippen LogP contribution in [0.4, 0.5) is 0 Å². The molecule has 0 radical (unpaired) electrons. The standard InChI is InChI=1S/C13H17N5O3/c1-4-18-6-5-9(14-18)7-16(2)12(19)11-10(13(20)21)8-17(3)15-11/h5-6,8H,4,7H2,1-3H3,(H,20,21). The predicted molar refractivity (Wildman–Crippen MR) is 73.9 cm³/mol. The Morgan fingerprint density at radius 3 is 2.67 bits per heavy atom. The molecule has 8 nitrogen and oxygen atoms in total. The highest BCUT2D eigenvalue weighted by molar-refractivity contribution is 6.03. The highest BCUT2D eigenvalue weighted by atomic mass is 16.4. The number of aromatic carboxylic acids is 1. The molecule has 0 saturated heterocycles. The van der Waals surface area contributed by atoms with E-state index >= 15 is 0 Å². The molecule has 0 saturated carbocycles. The van der Waals surface area contributed by atoms with E-state index in [1.165, 1.54) is 15.8 Å². The van der Waals surface area contributed by atoms with Crippen LogP contribution in [0.1, 0.15) is 33.5 Å². The number of nitrogens with zero attached hydrogens (tertiary/aromatic N) is 5. The SMILES string of the molecule is CCn1ccc(CN(C)C(=O)c2nn(C)cc2C(=O)O)n1. The fourth-order valence-corrected chi connectivity index (χ4v) is 1.96. The molecule has 8 heteroatoms. The molecule has 1 N–H and O–H groups in total. The molecule has 0 atom stereocenters. The predicted octanol–water partition coefficient (Wildman–Crippen LogP) is 0.607. The molecule has 0 spiro atoms. The third-order valence-electron chi connectivity index (χ3n) is 3.03. The Kier molecular flexibility index (Phi) is 4.06. The lowest BCUT2D eigenvalue weighted by Gasteiger charge is -2.14. The Balaban J connectivity index is 2.17. The number of carboxylic acids is 1. The van der Waals surface area contributed by atoms with E-state index in [0.29, 0.717) is 6.54 Å². The van der Waals surface area contributed by atoms with Gasteiger partial charge in [-0.25, -0.2) is 4.79 Å². The molecule has 2 aromatic heterocycles. The number of aryl methyl sites for hydroxylation is 2. The molecule has 2 rings (SSSR count). The van der Waals surface area contributed by atoms with E-state index in [1.807, 2.05) is 19.2 Å². The summed E-state index contributed by atoms with van der Waals surface area (Å²) in [5.74, 6) is -1.62. The topological polar surface area (TPSA) is 93.2 Å². The smallest absolute Gasteiger partial charge is 0.339 e. The average molecular weight is 291 g/mol. The first kappa shape index (κ1) is 14.8. The van der Waals surface area contributed by atoms with Crippen LogP contribution in [0.15, 0.2) is 18.5 Å². The Labute approximate surface area is 121 Å². The van der Waals surface area contributed by atoms with Crippen LogP contribution < -0.4 is 0 Å². The minimum Gasteiger partial charge on any atom is -0.478 e. The van der Waals surface area contributed by atoms with Crippen molar-refractivity contribution in [1.82, 2.24) is 24.5 Å². The summed E-state index contributed by atoms with van der Waals surface area (Å²) in [4.78, 5) is 24.8. The monoisotopic (exact) mass is 291 g/mol. The van der Waals surface area contributed by atoms with Crippen molar-refractivity contribution in [1.29, 1.82) is 0 Å². The first-order valence-electron chi connectivity index (χ1n) is 6.47. The van der Waals surface area contributed by atoms with Gasteiger partial charge in [0.2, 0.25) is 0 Å². The highest BCUT2D eigenvalue weighted by Gasteiger charge is 2.24. The van der Waals surface area contributed by atoms with Crippen molar-refractivity contribution in [3.63, 3.8) is 0 Å². The van der Waals surface area contributed by atoms with E-state index in [0.717, 1.165) is 12.2 Å². The van der Waals surface area contributed by atoms with Gasteiger partial charge >= 0.3 is 5.97 Å². The van der Waals surface area contributed by atoms with Gasteiger partial charge in [-0.05, 0) is 13.0 Å². The number of rotatable bonds is 5. The van der Waals surface area contributed by atoms with Crippen LogP contribution in [0.25, 0.3) is 0 Å². The van der Waals surface area contributed by atoms with E-state index in [2.05, 4.69) is 10.2 Å². The number of hydrogen-bond acceptors (Lipinski definition) is 4. The van der Waals surface area contributed by atoms with Gasteiger partial charge in [-0.3, -0.25) is 14.2 Å². The second-order valence-corrected chi connectivity index (χ2v) is 4.69. The highest BCUT2D eigenvalue weighted by Crippen LogP contribution is 2.11. The molecule has 0 aliphatic rings. The van der Waals surface area contributed by atoms with E-state index in [9.17, 15) is 9.59 Å². The third-order valence-corrected chi connectivity index (χ3v) is 3.03. The molecule has 1 amide bonds. The molecule has 0 aliphatic heterocycles. The maximum Gasteiger partial charge on any atom is 0.339 e. The summed E-state index contributed by atoms with van der Waals surface area (Å²) < 4.78 is 3.08. The Bertz CT molecular complexity index is 673. The van der Waals surface area contributed by atoms with Gasteiger partial charge in [0, 0.05) is 33.0 Å². The fraction of sp³-hybridized carbons (Fsp3) is 0.385. The number of aromatic nitrogens is 4. The number of carbonyl (C=O) groups excluding carboxylic acids is 1. The van der Waals surface area contributed by atoms with Gasteiger partial charge < -0.3 is 10.0 Å². The normalized spacial score (nSPS) is 10.6. The van der Waals surface area contributed by atoms with Crippen molar-refractivity contribution in [2.45, 2.75) is 20.0 Å². The van der Waals surface area contributed by atoms with Gasteiger partial charge in [0.05, 0.1) is 12.2 Å². The van der Waals surface area contributed by atoms with Gasteiger partial charge in [-0.15, -0.1) is 0 Å². The summed E-state index contributed by atoms with van der Waals surface area (Å²) in [6, 6.07) is 1.82. The maximum atomic E-state index is 12.3. The number of hydrogen-bond donors (Lipinski definition) is 1. The summed E-state index contributed by atoms with van der Waals surface area (Å²) in [6.07, 6.45) is 3.15. The molecule has 112 valence electrons. The van der Waals surface area contributed by atoms with Gasteiger partial charge in [0.15, 0.2) is 5.69 Å². The van der Waals surface area contributed by atoms with Crippen molar-refractivity contribution in [2.24, 2.45) is 7.05 Å². The Morgan fingerprint density at radius 2 is 2.10 bits per heavy atom. The minimum absolute atomic E-state index is 0.0672. The zero-order valence-electron chi connectivity index (χ0n) is 12.1. The van der Waals surface area contributed by atoms with Crippen molar-refractivity contribution in [3.8, 4) is 0 Å². The molecule has 0 aliphatic carbocycles. The molecule has 0 aromatic carbocycles. The van der Waals surface area contributed by atoms with Crippen molar-refractivity contribution in [3.05, 3.63) is 35.4 Å². The molecule has 0 fully saturated rings. The zero-order chi connectivity index (χ0) is 15.6.